The molecule has 104 valence electrons. The SMILES string of the molecule is Cn1nc(C(=O)O)cc1-c1ccccc1C1CCCC1. The number of carboxylic acid groups (broad SMARTS) is 1. The summed E-state index contributed by atoms with van der Waals surface area (Å²) in [6.45, 7) is 0. The van der Waals surface area contributed by atoms with E-state index in [1.807, 2.05) is 6.07 Å². The highest BCUT2D eigenvalue weighted by Crippen LogP contribution is 2.39. The molecule has 0 spiro atoms. The van der Waals surface area contributed by atoms with Crippen LogP contribution in [0.15, 0.2) is 30.3 Å². The van der Waals surface area contributed by atoms with Crippen LogP contribution in [0.5, 0.6) is 0 Å². The molecule has 1 saturated carbocycles. The van der Waals surface area contributed by atoms with Gasteiger partial charge in [-0.1, -0.05) is 37.1 Å². The second-order valence-corrected chi connectivity index (χ2v) is 5.41. The summed E-state index contributed by atoms with van der Waals surface area (Å²) in [6, 6.07) is 9.96. The Kier molecular flexibility index (Phi) is 3.30. The van der Waals surface area contributed by atoms with E-state index >= 15 is 0 Å². The minimum atomic E-state index is -0.981. The Balaban J connectivity index is 2.07. The van der Waals surface area contributed by atoms with Crippen molar-refractivity contribution in [3.63, 3.8) is 0 Å². The van der Waals surface area contributed by atoms with E-state index in [2.05, 4.69) is 23.3 Å². The Hall–Kier alpha value is -2.10. The van der Waals surface area contributed by atoms with E-state index in [9.17, 15) is 4.79 Å². The lowest BCUT2D eigenvalue weighted by Crippen LogP contribution is -2.01. The maximum atomic E-state index is 11.1. The van der Waals surface area contributed by atoms with Crippen molar-refractivity contribution >= 4 is 5.97 Å². The highest BCUT2D eigenvalue weighted by molar-refractivity contribution is 5.87. The lowest BCUT2D eigenvalue weighted by Gasteiger charge is -2.15. The van der Waals surface area contributed by atoms with E-state index in [0.29, 0.717) is 5.92 Å². The third-order valence-corrected chi connectivity index (χ3v) is 4.13. The number of hydrogen-bond donors (Lipinski definition) is 1. The van der Waals surface area contributed by atoms with Crippen molar-refractivity contribution in [1.82, 2.24) is 9.78 Å². The number of nitrogens with zero attached hydrogens (tertiary/aromatic N) is 2. The molecular formula is C16H18N2O2. The van der Waals surface area contributed by atoms with Crippen LogP contribution in [-0.4, -0.2) is 20.9 Å². The van der Waals surface area contributed by atoms with Crippen molar-refractivity contribution in [3.8, 4) is 11.3 Å². The molecule has 0 aliphatic heterocycles. The normalized spacial score (nSPS) is 15.7. The lowest BCUT2D eigenvalue weighted by atomic mass is 9.91. The molecule has 1 fully saturated rings. The van der Waals surface area contributed by atoms with Gasteiger partial charge >= 0.3 is 5.97 Å². The molecule has 1 aliphatic carbocycles. The average molecular weight is 270 g/mol. The number of rotatable bonds is 3. The van der Waals surface area contributed by atoms with Gasteiger partial charge in [-0.25, -0.2) is 4.79 Å². The largest absolute Gasteiger partial charge is 0.476 e. The van der Waals surface area contributed by atoms with Crippen LogP contribution >= 0.6 is 0 Å². The molecule has 1 aromatic heterocycles. The van der Waals surface area contributed by atoms with Gasteiger partial charge in [0.25, 0.3) is 0 Å². The van der Waals surface area contributed by atoms with Gasteiger partial charge in [-0.05, 0) is 30.4 Å². The molecule has 4 heteroatoms. The average Bonchev–Trinajstić information content (AvgIpc) is 3.08. The Labute approximate surface area is 118 Å². The van der Waals surface area contributed by atoms with Crippen LogP contribution in [0.4, 0.5) is 0 Å². The molecule has 1 N–H and O–H groups in total. The van der Waals surface area contributed by atoms with Gasteiger partial charge in [0.2, 0.25) is 0 Å². The van der Waals surface area contributed by atoms with Crippen LogP contribution < -0.4 is 0 Å². The molecule has 1 aromatic carbocycles. The molecule has 0 unspecified atom stereocenters. The Morgan fingerprint density at radius 3 is 2.65 bits per heavy atom. The third kappa shape index (κ3) is 2.22. The molecule has 0 bridgehead atoms. The van der Waals surface area contributed by atoms with Crippen LogP contribution in [0, 0.1) is 0 Å². The van der Waals surface area contributed by atoms with Gasteiger partial charge in [-0.3, -0.25) is 4.68 Å². The highest BCUT2D eigenvalue weighted by Gasteiger charge is 2.22. The smallest absolute Gasteiger partial charge is 0.356 e. The molecule has 2 aromatic rings. The highest BCUT2D eigenvalue weighted by atomic mass is 16.4. The van der Waals surface area contributed by atoms with E-state index in [-0.39, 0.29) is 5.69 Å². The summed E-state index contributed by atoms with van der Waals surface area (Å²) in [7, 11) is 1.80. The molecular weight excluding hydrogens is 252 g/mol. The standard InChI is InChI=1S/C16H18N2O2/c1-18-15(10-14(17-18)16(19)20)13-9-5-4-8-12(13)11-6-2-3-7-11/h4-5,8-11H,2-3,6-7H2,1H3,(H,19,20). The van der Waals surface area contributed by atoms with Gasteiger partial charge in [0.1, 0.15) is 0 Å². The number of aryl methyl sites for hydroxylation is 1. The van der Waals surface area contributed by atoms with E-state index in [1.54, 1.807) is 17.8 Å². The first kappa shape index (κ1) is 12.9. The molecule has 0 atom stereocenters. The van der Waals surface area contributed by atoms with Crippen molar-refractivity contribution in [3.05, 3.63) is 41.6 Å². The van der Waals surface area contributed by atoms with Crippen LogP contribution in [0.3, 0.4) is 0 Å². The molecule has 1 heterocycles. The van der Waals surface area contributed by atoms with Gasteiger partial charge in [0.15, 0.2) is 5.69 Å². The second-order valence-electron chi connectivity index (χ2n) is 5.41. The van der Waals surface area contributed by atoms with Crippen molar-refractivity contribution < 1.29 is 9.90 Å². The first-order valence-electron chi connectivity index (χ1n) is 7.03. The van der Waals surface area contributed by atoms with E-state index in [4.69, 9.17) is 5.11 Å². The van der Waals surface area contributed by atoms with Crippen LogP contribution in [0.25, 0.3) is 11.3 Å². The minimum absolute atomic E-state index is 0.101. The van der Waals surface area contributed by atoms with Gasteiger partial charge in [-0.2, -0.15) is 5.10 Å². The van der Waals surface area contributed by atoms with E-state index in [0.717, 1.165) is 11.3 Å². The zero-order chi connectivity index (χ0) is 14.1. The van der Waals surface area contributed by atoms with Crippen LogP contribution in [0.1, 0.15) is 47.7 Å². The summed E-state index contributed by atoms with van der Waals surface area (Å²) < 4.78 is 1.66. The molecule has 4 nitrogen and oxygen atoms in total. The molecule has 0 amide bonds. The fourth-order valence-corrected chi connectivity index (χ4v) is 3.15. The molecule has 20 heavy (non-hydrogen) atoms. The quantitative estimate of drug-likeness (QED) is 0.929. The second kappa shape index (κ2) is 5.12. The number of benzene rings is 1. The minimum Gasteiger partial charge on any atom is -0.476 e. The fraction of sp³-hybridized carbons (Fsp3) is 0.375. The molecule has 0 radical (unpaired) electrons. The van der Waals surface area contributed by atoms with Crippen LogP contribution in [-0.2, 0) is 7.05 Å². The first-order valence-corrected chi connectivity index (χ1v) is 7.03. The summed E-state index contributed by atoms with van der Waals surface area (Å²) >= 11 is 0. The van der Waals surface area contributed by atoms with Gasteiger partial charge in [0, 0.05) is 12.6 Å². The van der Waals surface area contributed by atoms with E-state index < -0.39 is 5.97 Å². The van der Waals surface area contributed by atoms with E-state index in [1.165, 1.54) is 31.2 Å². The number of carbonyl (C=O) groups is 1. The third-order valence-electron chi connectivity index (χ3n) is 4.13. The zero-order valence-electron chi connectivity index (χ0n) is 11.5. The maximum absolute atomic E-state index is 11.1. The zero-order valence-corrected chi connectivity index (χ0v) is 11.5. The van der Waals surface area contributed by atoms with Crippen molar-refractivity contribution in [2.45, 2.75) is 31.6 Å². The Morgan fingerprint density at radius 2 is 2.00 bits per heavy atom. The fourth-order valence-electron chi connectivity index (χ4n) is 3.15. The van der Waals surface area contributed by atoms with Crippen molar-refractivity contribution in [1.29, 1.82) is 0 Å². The van der Waals surface area contributed by atoms with Crippen LogP contribution in [0.2, 0.25) is 0 Å². The Morgan fingerprint density at radius 1 is 1.30 bits per heavy atom. The summed E-state index contributed by atoms with van der Waals surface area (Å²) in [4.78, 5) is 11.1. The predicted molar refractivity (Wildman–Crippen MR) is 76.8 cm³/mol. The first-order chi connectivity index (χ1) is 9.66. The molecule has 1 aliphatic rings. The molecule has 0 saturated heterocycles. The number of aromatic nitrogens is 2. The number of aromatic carboxylic acids is 1. The maximum Gasteiger partial charge on any atom is 0.356 e. The summed E-state index contributed by atoms with van der Waals surface area (Å²) in [5, 5.41) is 13.1. The van der Waals surface area contributed by atoms with Crippen molar-refractivity contribution in [2.24, 2.45) is 7.05 Å². The lowest BCUT2D eigenvalue weighted by molar-refractivity contribution is 0.0689. The number of carboxylic acids is 1. The Bertz CT molecular complexity index is 640. The van der Waals surface area contributed by atoms with Crippen molar-refractivity contribution in [2.75, 3.05) is 0 Å². The molecule has 3 rings (SSSR count). The monoisotopic (exact) mass is 270 g/mol. The predicted octanol–water partition coefficient (Wildman–Crippen LogP) is 3.44. The number of hydrogen-bond acceptors (Lipinski definition) is 2. The van der Waals surface area contributed by atoms with Gasteiger partial charge in [0.05, 0.1) is 5.69 Å². The van der Waals surface area contributed by atoms with Gasteiger partial charge < -0.3 is 5.11 Å². The topological polar surface area (TPSA) is 55.1 Å². The summed E-state index contributed by atoms with van der Waals surface area (Å²) in [6.07, 6.45) is 5.01. The summed E-state index contributed by atoms with van der Waals surface area (Å²) in [5.74, 6) is -0.389. The van der Waals surface area contributed by atoms with Gasteiger partial charge in [-0.15, -0.1) is 0 Å². The summed E-state index contributed by atoms with van der Waals surface area (Å²) in [5.41, 5.74) is 3.42.